The minimum atomic E-state index is -0.277. The summed E-state index contributed by atoms with van der Waals surface area (Å²) in [7, 11) is 1.75. The maximum absolute atomic E-state index is 11.0. The Bertz CT molecular complexity index is 766. The van der Waals surface area contributed by atoms with Gasteiger partial charge >= 0.3 is 0 Å². The average Bonchev–Trinajstić information content (AvgIpc) is 3.16. The molecule has 0 aliphatic carbocycles. The monoisotopic (exact) mass is 370 g/mol. The molecule has 0 saturated carbocycles. The lowest BCUT2D eigenvalue weighted by atomic mass is 10.1. The molecule has 2 aromatic rings. The molecule has 2 heterocycles. The molecule has 1 aliphatic heterocycles. The fourth-order valence-corrected chi connectivity index (χ4v) is 3.12. The quantitative estimate of drug-likeness (QED) is 0.516. The van der Waals surface area contributed by atoms with E-state index in [9.17, 15) is 4.79 Å². The van der Waals surface area contributed by atoms with Crippen LogP contribution in [0.2, 0.25) is 0 Å². The molecule has 4 N–H and O–H groups in total. The Kier molecular flexibility index (Phi) is 6.43. The Hall–Kier alpha value is -2.87. The number of benzene rings is 1. The summed E-state index contributed by atoms with van der Waals surface area (Å²) in [6.07, 6.45) is 3.54. The SMILES string of the molecule is CN=C(NCc1coc(-c2ccccc2)n1)NC1CCN(CC(N)=O)CC1. The Morgan fingerprint density at radius 2 is 2.07 bits per heavy atom. The smallest absolute Gasteiger partial charge is 0.231 e. The number of guanidine groups is 1. The molecular formula is C19H26N6O2. The summed E-state index contributed by atoms with van der Waals surface area (Å²) in [5.41, 5.74) is 7.02. The zero-order chi connectivity index (χ0) is 19.1. The van der Waals surface area contributed by atoms with E-state index in [4.69, 9.17) is 10.2 Å². The van der Waals surface area contributed by atoms with Crippen molar-refractivity contribution in [2.45, 2.75) is 25.4 Å². The minimum absolute atomic E-state index is 0.277. The standard InChI is InChI=1S/C19H26N6O2/c1-21-19(24-15-7-9-25(10-8-15)12-17(20)26)22-11-16-13-27-18(23-16)14-5-3-2-4-6-14/h2-6,13,15H,7-12H2,1H3,(H2,20,26)(H2,21,22,24). The van der Waals surface area contributed by atoms with Crippen molar-refractivity contribution < 1.29 is 9.21 Å². The third kappa shape index (κ3) is 5.55. The van der Waals surface area contributed by atoms with Crippen LogP contribution in [0, 0.1) is 0 Å². The first-order chi connectivity index (χ1) is 13.1. The van der Waals surface area contributed by atoms with Crippen molar-refractivity contribution in [2.24, 2.45) is 10.7 Å². The van der Waals surface area contributed by atoms with Crippen LogP contribution in [0.4, 0.5) is 0 Å². The first kappa shape index (κ1) is 18.9. The second-order valence-corrected chi connectivity index (χ2v) is 6.60. The first-order valence-electron chi connectivity index (χ1n) is 9.11. The van der Waals surface area contributed by atoms with Gasteiger partial charge in [-0.25, -0.2) is 4.98 Å². The number of aliphatic imine (C=N–C) groups is 1. The highest BCUT2D eigenvalue weighted by molar-refractivity contribution is 5.80. The van der Waals surface area contributed by atoms with E-state index in [-0.39, 0.29) is 5.91 Å². The van der Waals surface area contributed by atoms with Crippen LogP contribution in [0.5, 0.6) is 0 Å². The molecule has 0 spiro atoms. The minimum Gasteiger partial charge on any atom is -0.444 e. The van der Waals surface area contributed by atoms with Gasteiger partial charge in [-0.3, -0.25) is 14.7 Å². The van der Waals surface area contributed by atoms with E-state index in [1.807, 2.05) is 30.3 Å². The van der Waals surface area contributed by atoms with Crippen molar-refractivity contribution in [2.75, 3.05) is 26.7 Å². The Balaban J connectivity index is 1.46. The van der Waals surface area contributed by atoms with Gasteiger partial charge in [-0.2, -0.15) is 0 Å². The first-order valence-corrected chi connectivity index (χ1v) is 9.11. The van der Waals surface area contributed by atoms with E-state index in [2.05, 4.69) is 25.5 Å². The van der Waals surface area contributed by atoms with Gasteiger partial charge in [0.25, 0.3) is 0 Å². The second-order valence-electron chi connectivity index (χ2n) is 6.60. The van der Waals surface area contributed by atoms with Crippen LogP contribution >= 0.6 is 0 Å². The number of nitrogens with two attached hydrogens (primary N) is 1. The molecule has 0 bridgehead atoms. The van der Waals surface area contributed by atoms with Crippen LogP contribution in [0.15, 0.2) is 46.0 Å². The molecule has 1 amide bonds. The lowest BCUT2D eigenvalue weighted by Crippen LogP contribution is -2.49. The second kappa shape index (κ2) is 9.18. The highest BCUT2D eigenvalue weighted by atomic mass is 16.3. The third-order valence-electron chi connectivity index (χ3n) is 4.54. The van der Waals surface area contributed by atoms with Gasteiger partial charge in [-0.15, -0.1) is 0 Å². The van der Waals surface area contributed by atoms with Crippen LogP contribution in [0.3, 0.4) is 0 Å². The van der Waals surface area contributed by atoms with Gasteiger partial charge in [0.15, 0.2) is 5.96 Å². The Morgan fingerprint density at radius 1 is 1.33 bits per heavy atom. The van der Waals surface area contributed by atoms with Crippen LogP contribution in [0.1, 0.15) is 18.5 Å². The number of nitrogens with one attached hydrogen (secondary N) is 2. The van der Waals surface area contributed by atoms with E-state index in [0.717, 1.165) is 43.1 Å². The maximum Gasteiger partial charge on any atom is 0.231 e. The maximum atomic E-state index is 11.0. The number of amides is 1. The van der Waals surface area contributed by atoms with E-state index in [0.29, 0.717) is 25.0 Å². The average molecular weight is 370 g/mol. The fourth-order valence-electron chi connectivity index (χ4n) is 3.12. The highest BCUT2D eigenvalue weighted by Crippen LogP contribution is 2.17. The number of piperidine rings is 1. The van der Waals surface area contributed by atoms with Crippen LogP contribution < -0.4 is 16.4 Å². The molecule has 1 aromatic carbocycles. The number of carbonyl (C=O) groups is 1. The molecule has 0 radical (unpaired) electrons. The third-order valence-corrected chi connectivity index (χ3v) is 4.54. The molecule has 0 atom stereocenters. The van der Waals surface area contributed by atoms with Crippen molar-refractivity contribution in [1.29, 1.82) is 0 Å². The number of aromatic nitrogens is 1. The zero-order valence-electron chi connectivity index (χ0n) is 15.5. The molecule has 1 aromatic heterocycles. The number of primary amides is 1. The molecule has 8 nitrogen and oxygen atoms in total. The predicted molar refractivity (Wildman–Crippen MR) is 104 cm³/mol. The fraction of sp³-hybridized carbons (Fsp3) is 0.421. The lowest BCUT2D eigenvalue weighted by molar-refractivity contribution is -0.119. The van der Waals surface area contributed by atoms with Gasteiger partial charge in [0.05, 0.1) is 18.8 Å². The number of oxazole rings is 1. The predicted octanol–water partition coefficient (Wildman–Crippen LogP) is 0.956. The normalized spacial score (nSPS) is 16.3. The Labute approximate surface area is 158 Å². The Morgan fingerprint density at radius 3 is 2.74 bits per heavy atom. The van der Waals surface area contributed by atoms with Crippen molar-refractivity contribution >= 4 is 11.9 Å². The van der Waals surface area contributed by atoms with Crippen molar-refractivity contribution in [1.82, 2.24) is 20.5 Å². The van der Waals surface area contributed by atoms with Gasteiger partial charge in [0.2, 0.25) is 11.8 Å². The molecule has 144 valence electrons. The largest absolute Gasteiger partial charge is 0.444 e. The van der Waals surface area contributed by atoms with Gasteiger partial charge in [-0.05, 0) is 25.0 Å². The van der Waals surface area contributed by atoms with E-state index < -0.39 is 0 Å². The molecule has 1 saturated heterocycles. The number of nitrogens with zero attached hydrogens (tertiary/aromatic N) is 3. The summed E-state index contributed by atoms with van der Waals surface area (Å²) < 4.78 is 5.56. The van der Waals surface area contributed by atoms with Gasteiger partial charge in [-0.1, -0.05) is 18.2 Å². The summed E-state index contributed by atoms with van der Waals surface area (Å²) in [5, 5.41) is 6.70. The summed E-state index contributed by atoms with van der Waals surface area (Å²) in [6.45, 7) is 2.55. The molecule has 1 fully saturated rings. The van der Waals surface area contributed by atoms with Gasteiger partial charge < -0.3 is 20.8 Å². The molecule has 0 unspecified atom stereocenters. The van der Waals surface area contributed by atoms with E-state index >= 15 is 0 Å². The molecule has 27 heavy (non-hydrogen) atoms. The van der Waals surface area contributed by atoms with Crippen LogP contribution in [-0.4, -0.2) is 54.5 Å². The lowest BCUT2D eigenvalue weighted by Gasteiger charge is -2.32. The molecular weight excluding hydrogens is 344 g/mol. The summed E-state index contributed by atoms with van der Waals surface area (Å²) >= 11 is 0. The number of hydrogen-bond acceptors (Lipinski definition) is 5. The number of likely N-dealkylation sites (tertiary alicyclic amines) is 1. The zero-order valence-corrected chi connectivity index (χ0v) is 15.5. The van der Waals surface area contributed by atoms with E-state index in [1.54, 1.807) is 13.3 Å². The molecule has 8 heteroatoms. The van der Waals surface area contributed by atoms with Gasteiger partial charge in [0.1, 0.15) is 6.26 Å². The van der Waals surface area contributed by atoms with E-state index in [1.165, 1.54) is 0 Å². The van der Waals surface area contributed by atoms with Crippen molar-refractivity contribution in [3.63, 3.8) is 0 Å². The summed E-state index contributed by atoms with van der Waals surface area (Å²) in [4.78, 5) is 21.9. The summed E-state index contributed by atoms with van der Waals surface area (Å²) in [5.74, 6) is 1.06. The van der Waals surface area contributed by atoms with Crippen LogP contribution in [0.25, 0.3) is 11.5 Å². The number of rotatable bonds is 6. The van der Waals surface area contributed by atoms with Gasteiger partial charge in [0, 0.05) is 31.7 Å². The van der Waals surface area contributed by atoms with Crippen molar-refractivity contribution in [3.05, 3.63) is 42.3 Å². The number of carbonyl (C=O) groups excluding carboxylic acids is 1. The van der Waals surface area contributed by atoms with Crippen molar-refractivity contribution in [3.8, 4) is 11.5 Å². The topological polar surface area (TPSA) is 109 Å². The summed E-state index contributed by atoms with van der Waals surface area (Å²) in [6, 6.07) is 10.1. The van der Waals surface area contributed by atoms with Crippen LogP contribution in [-0.2, 0) is 11.3 Å². The molecule has 1 aliphatic rings. The molecule has 3 rings (SSSR count). The highest BCUT2D eigenvalue weighted by Gasteiger charge is 2.20. The number of hydrogen-bond donors (Lipinski definition) is 3.